The third-order valence-corrected chi connectivity index (χ3v) is 2.63. The standard InChI is InChI=1S/C13H11FN2O/c14-13-10(7-15)3-1-4-11(13)8-16-6-2-5-12(16)9-17/h1-6,17H,8-9H2. The fourth-order valence-electron chi connectivity index (χ4n) is 1.72. The zero-order valence-corrected chi connectivity index (χ0v) is 9.10. The van der Waals surface area contributed by atoms with Crippen LogP contribution in [0.3, 0.4) is 0 Å². The average molecular weight is 230 g/mol. The number of nitriles is 1. The Hall–Kier alpha value is -2.12. The van der Waals surface area contributed by atoms with Gasteiger partial charge in [-0.05, 0) is 18.2 Å². The highest BCUT2D eigenvalue weighted by Crippen LogP contribution is 2.15. The highest BCUT2D eigenvalue weighted by molar-refractivity contribution is 5.35. The van der Waals surface area contributed by atoms with Crippen LogP contribution in [0.1, 0.15) is 16.8 Å². The van der Waals surface area contributed by atoms with Gasteiger partial charge in [0.25, 0.3) is 0 Å². The van der Waals surface area contributed by atoms with Gasteiger partial charge >= 0.3 is 0 Å². The molecule has 1 heterocycles. The van der Waals surface area contributed by atoms with E-state index in [1.165, 1.54) is 6.07 Å². The number of rotatable bonds is 3. The van der Waals surface area contributed by atoms with Gasteiger partial charge in [-0.1, -0.05) is 12.1 Å². The minimum atomic E-state index is -0.493. The van der Waals surface area contributed by atoms with Crippen molar-refractivity contribution >= 4 is 0 Å². The summed E-state index contributed by atoms with van der Waals surface area (Å²) in [6.45, 7) is 0.219. The average Bonchev–Trinajstić information content (AvgIpc) is 2.79. The first-order chi connectivity index (χ1) is 8.26. The number of aliphatic hydroxyl groups excluding tert-OH is 1. The van der Waals surface area contributed by atoms with Crippen molar-refractivity contribution in [2.45, 2.75) is 13.2 Å². The normalized spacial score (nSPS) is 10.2. The van der Waals surface area contributed by atoms with Crippen LogP contribution in [0.2, 0.25) is 0 Å². The van der Waals surface area contributed by atoms with Gasteiger partial charge in [-0.2, -0.15) is 5.26 Å². The summed E-state index contributed by atoms with van der Waals surface area (Å²) in [7, 11) is 0. The number of aliphatic hydroxyl groups is 1. The molecule has 2 rings (SSSR count). The fourth-order valence-corrected chi connectivity index (χ4v) is 1.72. The molecule has 0 amide bonds. The van der Waals surface area contributed by atoms with Crippen molar-refractivity contribution in [2.75, 3.05) is 0 Å². The highest BCUT2D eigenvalue weighted by Gasteiger charge is 2.09. The molecule has 0 bridgehead atoms. The van der Waals surface area contributed by atoms with Gasteiger partial charge < -0.3 is 9.67 Å². The van der Waals surface area contributed by atoms with E-state index in [0.717, 1.165) is 0 Å². The molecule has 4 heteroatoms. The lowest BCUT2D eigenvalue weighted by atomic mass is 10.1. The summed E-state index contributed by atoms with van der Waals surface area (Å²) in [4.78, 5) is 0. The lowest BCUT2D eigenvalue weighted by molar-refractivity contribution is 0.271. The number of hydrogen-bond donors (Lipinski definition) is 1. The van der Waals surface area contributed by atoms with Crippen LogP contribution in [-0.4, -0.2) is 9.67 Å². The number of aromatic nitrogens is 1. The Morgan fingerprint density at radius 2 is 2.12 bits per heavy atom. The van der Waals surface area contributed by atoms with E-state index in [1.54, 1.807) is 35.0 Å². The van der Waals surface area contributed by atoms with Crippen LogP contribution in [0.15, 0.2) is 36.5 Å². The van der Waals surface area contributed by atoms with Crippen LogP contribution in [0, 0.1) is 17.1 Å². The topological polar surface area (TPSA) is 49.0 Å². The molecule has 0 fully saturated rings. The molecule has 2 aromatic rings. The molecule has 0 atom stereocenters. The van der Waals surface area contributed by atoms with Crippen molar-refractivity contribution in [1.82, 2.24) is 4.57 Å². The van der Waals surface area contributed by atoms with E-state index >= 15 is 0 Å². The molecule has 0 saturated heterocycles. The minimum Gasteiger partial charge on any atom is -0.390 e. The molecule has 86 valence electrons. The van der Waals surface area contributed by atoms with Crippen molar-refractivity contribution in [2.24, 2.45) is 0 Å². The van der Waals surface area contributed by atoms with E-state index in [9.17, 15) is 4.39 Å². The maximum Gasteiger partial charge on any atom is 0.145 e. The van der Waals surface area contributed by atoms with Crippen LogP contribution in [0.5, 0.6) is 0 Å². The molecule has 1 N–H and O–H groups in total. The highest BCUT2D eigenvalue weighted by atomic mass is 19.1. The van der Waals surface area contributed by atoms with Crippen LogP contribution in [0.4, 0.5) is 4.39 Å². The Morgan fingerprint density at radius 3 is 2.82 bits per heavy atom. The molecule has 0 radical (unpaired) electrons. The summed E-state index contributed by atoms with van der Waals surface area (Å²) < 4.78 is 15.6. The molecule has 0 aliphatic heterocycles. The van der Waals surface area contributed by atoms with Crippen LogP contribution in [0.25, 0.3) is 0 Å². The second kappa shape index (κ2) is 4.81. The molecule has 0 saturated carbocycles. The third kappa shape index (κ3) is 2.19. The van der Waals surface area contributed by atoms with Crippen molar-refractivity contribution in [3.05, 3.63) is 59.2 Å². The van der Waals surface area contributed by atoms with Crippen LogP contribution < -0.4 is 0 Å². The second-order valence-corrected chi connectivity index (χ2v) is 3.68. The van der Waals surface area contributed by atoms with Gasteiger partial charge in [0.2, 0.25) is 0 Å². The third-order valence-electron chi connectivity index (χ3n) is 2.63. The first kappa shape index (κ1) is 11.4. The van der Waals surface area contributed by atoms with E-state index in [1.807, 2.05) is 6.07 Å². The monoisotopic (exact) mass is 230 g/mol. The Labute approximate surface area is 98.4 Å². The SMILES string of the molecule is N#Cc1cccc(Cn2cccc2CO)c1F. The van der Waals surface area contributed by atoms with Crippen LogP contribution >= 0.6 is 0 Å². The van der Waals surface area contributed by atoms with Gasteiger partial charge in [-0.3, -0.25) is 0 Å². The molecule has 0 aliphatic rings. The molecule has 1 aromatic heterocycles. The second-order valence-electron chi connectivity index (χ2n) is 3.68. The maximum atomic E-state index is 13.8. The van der Waals surface area contributed by atoms with Crippen molar-refractivity contribution in [3.8, 4) is 6.07 Å². The number of hydrogen-bond acceptors (Lipinski definition) is 2. The molecule has 0 unspecified atom stereocenters. The molecular formula is C13H11FN2O. The van der Waals surface area contributed by atoms with Gasteiger partial charge in [-0.25, -0.2) is 4.39 Å². The maximum absolute atomic E-state index is 13.8. The molecule has 3 nitrogen and oxygen atoms in total. The first-order valence-corrected chi connectivity index (χ1v) is 5.18. The van der Waals surface area contributed by atoms with Crippen molar-refractivity contribution in [3.63, 3.8) is 0 Å². The zero-order valence-electron chi connectivity index (χ0n) is 9.10. The van der Waals surface area contributed by atoms with Gasteiger partial charge in [0.05, 0.1) is 18.7 Å². The van der Waals surface area contributed by atoms with E-state index in [-0.39, 0.29) is 12.2 Å². The summed E-state index contributed by atoms with van der Waals surface area (Å²) >= 11 is 0. The Bertz CT molecular complexity index is 569. The summed E-state index contributed by atoms with van der Waals surface area (Å²) in [5.41, 5.74) is 1.20. The molecule has 17 heavy (non-hydrogen) atoms. The van der Waals surface area contributed by atoms with Gasteiger partial charge in [0.1, 0.15) is 11.9 Å². The molecule has 0 aliphatic carbocycles. The van der Waals surface area contributed by atoms with Crippen LogP contribution in [-0.2, 0) is 13.2 Å². The van der Waals surface area contributed by atoms with Crippen molar-refractivity contribution in [1.29, 1.82) is 5.26 Å². The first-order valence-electron chi connectivity index (χ1n) is 5.18. The van der Waals surface area contributed by atoms with Gasteiger partial charge in [0, 0.05) is 17.5 Å². The number of nitrogens with zero attached hydrogens (tertiary/aromatic N) is 2. The van der Waals surface area contributed by atoms with E-state index in [4.69, 9.17) is 10.4 Å². The number of halogens is 1. The van der Waals surface area contributed by atoms with E-state index in [2.05, 4.69) is 0 Å². The van der Waals surface area contributed by atoms with Crippen molar-refractivity contribution < 1.29 is 9.50 Å². The quantitative estimate of drug-likeness (QED) is 0.877. The lowest BCUT2D eigenvalue weighted by Gasteiger charge is -2.09. The zero-order chi connectivity index (χ0) is 12.3. The van der Waals surface area contributed by atoms with E-state index in [0.29, 0.717) is 17.8 Å². The lowest BCUT2D eigenvalue weighted by Crippen LogP contribution is -2.05. The fraction of sp³-hybridized carbons (Fsp3) is 0.154. The molecule has 0 spiro atoms. The van der Waals surface area contributed by atoms with Gasteiger partial charge in [-0.15, -0.1) is 0 Å². The summed E-state index contributed by atoms with van der Waals surface area (Å²) in [6.07, 6.45) is 1.77. The summed E-state index contributed by atoms with van der Waals surface area (Å²) in [5.74, 6) is -0.493. The largest absolute Gasteiger partial charge is 0.390 e. The Balaban J connectivity index is 2.34. The summed E-state index contributed by atoms with van der Waals surface area (Å²) in [5, 5.41) is 17.8. The molecule has 1 aromatic carbocycles. The predicted octanol–water partition coefficient (Wildman–Crippen LogP) is 2.04. The smallest absolute Gasteiger partial charge is 0.145 e. The summed E-state index contributed by atoms with van der Waals surface area (Å²) in [6, 6.07) is 10.1. The Kier molecular flexibility index (Phi) is 3.22. The molecular weight excluding hydrogens is 219 g/mol. The van der Waals surface area contributed by atoms with Gasteiger partial charge in [0.15, 0.2) is 0 Å². The Morgan fingerprint density at radius 1 is 1.29 bits per heavy atom. The van der Waals surface area contributed by atoms with E-state index < -0.39 is 5.82 Å². The predicted molar refractivity (Wildman–Crippen MR) is 60.6 cm³/mol. The minimum absolute atomic E-state index is 0.0419. The number of benzene rings is 1.